The van der Waals surface area contributed by atoms with Crippen LogP contribution >= 0.6 is 11.6 Å². The molecule has 1 rings (SSSR count). The lowest BCUT2D eigenvalue weighted by molar-refractivity contribution is -0.137. The highest BCUT2D eigenvalue weighted by Crippen LogP contribution is 2.13. The van der Waals surface area contributed by atoms with E-state index in [1.54, 1.807) is 24.3 Å². The maximum atomic E-state index is 12.9. The molecule has 0 aromatic heterocycles. The van der Waals surface area contributed by atoms with Crippen LogP contribution in [0.3, 0.4) is 0 Å². The van der Waals surface area contributed by atoms with Crippen molar-refractivity contribution in [2.24, 2.45) is 0 Å². The molecular formula is C10H8ClFO2. The van der Waals surface area contributed by atoms with Gasteiger partial charge in [-0.25, -0.2) is 4.79 Å². The Morgan fingerprint density at radius 3 is 2.50 bits per heavy atom. The lowest BCUT2D eigenvalue weighted by Gasteiger charge is -1.96. The molecule has 0 atom stereocenters. The van der Waals surface area contributed by atoms with Crippen molar-refractivity contribution in [1.82, 2.24) is 0 Å². The fourth-order valence-corrected chi connectivity index (χ4v) is 0.988. The standard InChI is InChI=1S/C10H8ClFO2/c1-14-10(13)9(12)6-7-2-4-8(11)5-3-7/h2-6H,1H3/b9-6-. The van der Waals surface area contributed by atoms with Crippen molar-refractivity contribution in [3.05, 3.63) is 40.7 Å². The lowest BCUT2D eigenvalue weighted by atomic mass is 10.2. The summed E-state index contributed by atoms with van der Waals surface area (Å²) in [6.07, 6.45) is 1.09. The second-order valence-electron chi connectivity index (χ2n) is 2.54. The fraction of sp³-hybridized carbons (Fsp3) is 0.100. The van der Waals surface area contributed by atoms with Crippen LogP contribution in [0.15, 0.2) is 30.1 Å². The second kappa shape index (κ2) is 4.77. The largest absolute Gasteiger partial charge is 0.464 e. The van der Waals surface area contributed by atoms with Crippen LogP contribution in [0, 0.1) is 0 Å². The molecule has 0 amide bonds. The molecule has 74 valence electrons. The second-order valence-corrected chi connectivity index (χ2v) is 2.97. The van der Waals surface area contributed by atoms with Crippen LogP contribution in [-0.4, -0.2) is 13.1 Å². The number of benzene rings is 1. The molecule has 0 heterocycles. The number of carbonyl (C=O) groups is 1. The first kappa shape index (κ1) is 10.7. The van der Waals surface area contributed by atoms with Gasteiger partial charge >= 0.3 is 5.97 Å². The molecule has 0 aliphatic rings. The number of halogens is 2. The number of rotatable bonds is 2. The lowest BCUT2D eigenvalue weighted by Crippen LogP contribution is -1.99. The number of hydrogen-bond donors (Lipinski definition) is 0. The summed E-state index contributed by atoms with van der Waals surface area (Å²) in [7, 11) is 1.12. The summed E-state index contributed by atoms with van der Waals surface area (Å²) in [5.41, 5.74) is 0.553. The van der Waals surface area contributed by atoms with Gasteiger partial charge in [0, 0.05) is 5.02 Å². The van der Waals surface area contributed by atoms with E-state index in [1.165, 1.54) is 0 Å². The van der Waals surface area contributed by atoms with Crippen molar-refractivity contribution >= 4 is 23.6 Å². The molecule has 0 saturated heterocycles. The summed E-state index contributed by atoms with van der Waals surface area (Å²) in [4.78, 5) is 10.7. The minimum absolute atomic E-state index is 0.553. The summed E-state index contributed by atoms with van der Waals surface area (Å²) in [5.74, 6) is -1.92. The molecule has 0 spiro atoms. The van der Waals surface area contributed by atoms with Crippen molar-refractivity contribution in [3.8, 4) is 0 Å². The van der Waals surface area contributed by atoms with E-state index in [1.807, 2.05) is 0 Å². The van der Waals surface area contributed by atoms with Gasteiger partial charge < -0.3 is 4.74 Å². The van der Waals surface area contributed by atoms with Crippen LogP contribution in [0.1, 0.15) is 5.56 Å². The normalized spacial score (nSPS) is 11.2. The van der Waals surface area contributed by atoms with Gasteiger partial charge in [-0.05, 0) is 23.8 Å². The van der Waals surface area contributed by atoms with E-state index in [-0.39, 0.29) is 0 Å². The molecule has 0 aliphatic heterocycles. The Kier molecular flexibility index (Phi) is 3.65. The van der Waals surface area contributed by atoms with Gasteiger partial charge in [-0.1, -0.05) is 23.7 Å². The van der Waals surface area contributed by atoms with Crippen LogP contribution < -0.4 is 0 Å². The fourth-order valence-electron chi connectivity index (χ4n) is 0.862. The van der Waals surface area contributed by atoms with E-state index >= 15 is 0 Å². The van der Waals surface area contributed by atoms with Gasteiger partial charge in [0.05, 0.1) is 7.11 Å². The zero-order chi connectivity index (χ0) is 10.6. The highest BCUT2D eigenvalue weighted by atomic mass is 35.5. The highest BCUT2D eigenvalue weighted by Gasteiger charge is 2.07. The van der Waals surface area contributed by atoms with Crippen molar-refractivity contribution in [1.29, 1.82) is 0 Å². The molecule has 0 unspecified atom stereocenters. The van der Waals surface area contributed by atoms with E-state index in [2.05, 4.69) is 4.74 Å². The van der Waals surface area contributed by atoms with Gasteiger partial charge in [0.15, 0.2) is 0 Å². The average Bonchev–Trinajstić information content (AvgIpc) is 2.20. The van der Waals surface area contributed by atoms with Crippen LogP contribution in [0.5, 0.6) is 0 Å². The van der Waals surface area contributed by atoms with Crippen molar-refractivity contribution in [2.45, 2.75) is 0 Å². The highest BCUT2D eigenvalue weighted by molar-refractivity contribution is 6.30. The molecule has 14 heavy (non-hydrogen) atoms. The number of carbonyl (C=O) groups excluding carboxylic acids is 1. The first-order chi connectivity index (χ1) is 6.63. The van der Waals surface area contributed by atoms with Crippen molar-refractivity contribution in [3.63, 3.8) is 0 Å². The first-order valence-electron chi connectivity index (χ1n) is 3.84. The van der Waals surface area contributed by atoms with E-state index in [0.717, 1.165) is 13.2 Å². The van der Waals surface area contributed by atoms with E-state index in [9.17, 15) is 9.18 Å². The Hall–Kier alpha value is -1.35. The predicted molar refractivity (Wildman–Crippen MR) is 52.6 cm³/mol. The van der Waals surface area contributed by atoms with Gasteiger partial charge in [0.25, 0.3) is 0 Å². The van der Waals surface area contributed by atoms with Gasteiger partial charge in [0.2, 0.25) is 5.83 Å². The van der Waals surface area contributed by atoms with Crippen molar-refractivity contribution < 1.29 is 13.9 Å². The summed E-state index contributed by atoms with van der Waals surface area (Å²) in [6.45, 7) is 0. The molecular weight excluding hydrogens is 207 g/mol. The third-order valence-corrected chi connectivity index (χ3v) is 1.80. The number of hydrogen-bond acceptors (Lipinski definition) is 2. The SMILES string of the molecule is COC(=O)/C(F)=C/c1ccc(Cl)cc1. The van der Waals surface area contributed by atoms with E-state index in [0.29, 0.717) is 10.6 Å². The van der Waals surface area contributed by atoms with Crippen LogP contribution in [0.25, 0.3) is 6.08 Å². The predicted octanol–water partition coefficient (Wildman–Crippen LogP) is 2.82. The monoisotopic (exact) mass is 214 g/mol. The Labute approximate surface area is 85.9 Å². The summed E-state index contributed by atoms with van der Waals surface area (Å²) in [6, 6.07) is 6.42. The third-order valence-electron chi connectivity index (χ3n) is 1.54. The number of methoxy groups -OCH3 is 1. The third kappa shape index (κ3) is 2.85. The van der Waals surface area contributed by atoms with Gasteiger partial charge in [0.1, 0.15) is 0 Å². The Bertz CT molecular complexity index is 357. The molecule has 0 aliphatic carbocycles. The Morgan fingerprint density at radius 2 is 2.00 bits per heavy atom. The molecule has 0 N–H and O–H groups in total. The average molecular weight is 215 g/mol. The van der Waals surface area contributed by atoms with Crippen LogP contribution in [-0.2, 0) is 9.53 Å². The van der Waals surface area contributed by atoms with Gasteiger partial charge in [-0.3, -0.25) is 0 Å². The summed E-state index contributed by atoms with van der Waals surface area (Å²) in [5, 5.41) is 0.556. The molecule has 0 saturated carbocycles. The Morgan fingerprint density at radius 1 is 1.43 bits per heavy atom. The smallest absolute Gasteiger partial charge is 0.366 e. The van der Waals surface area contributed by atoms with Gasteiger partial charge in [-0.2, -0.15) is 4.39 Å². The Balaban J connectivity index is 2.86. The molecule has 0 radical (unpaired) electrons. The minimum Gasteiger partial charge on any atom is -0.464 e. The van der Waals surface area contributed by atoms with Crippen LogP contribution in [0.4, 0.5) is 4.39 Å². The van der Waals surface area contributed by atoms with Crippen LogP contribution in [0.2, 0.25) is 5.02 Å². The zero-order valence-corrected chi connectivity index (χ0v) is 8.22. The minimum atomic E-state index is -0.986. The topological polar surface area (TPSA) is 26.3 Å². The molecule has 1 aromatic rings. The van der Waals surface area contributed by atoms with Gasteiger partial charge in [-0.15, -0.1) is 0 Å². The zero-order valence-electron chi connectivity index (χ0n) is 7.46. The summed E-state index contributed by atoms with van der Waals surface area (Å²) < 4.78 is 17.1. The number of esters is 1. The number of ether oxygens (including phenoxy) is 1. The quantitative estimate of drug-likeness (QED) is 0.559. The summed E-state index contributed by atoms with van der Waals surface area (Å²) >= 11 is 5.63. The van der Waals surface area contributed by atoms with E-state index < -0.39 is 11.8 Å². The molecule has 0 fully saturated rings. The maximum absolute atomic E-state index is 12.9. The van der Waals surface area contributed by atoms with Crippen molar-refractivity contribution in [2.75, 3.05) is 7.11 Å². The molecule has 1 aromatic carbocycles. The first-order valence-corrected chi connectivity index (χ1v) is 4.22. The van der Waals surface area contributed by atoms with E-state index in [4.69, 9.17) is 11.6 Å². The molecule has 4 heteroatoms. The molecule has 0 bridgehead atoms. The molecule has 2 nitrogen and oxygen atoms in total. The maximum Gasteiger partial charge on any atom is 0.366 e.